The zero-order valence-electron chi connectivity index (χ0n) is 14.7. The Bertz CT molecular complexity index is 241. The number of unbranched alkanes of at least 4 members (excludes halogenated alkanes) is 2. The molecule has 0 atom stereocenters. The molecule has 1 heterocycles. The summed E-state index contributed by atoms with van der Waals surface area (Å²) in [6.07, 6.45) is 9.64. The Labute approximate surface area is 127 Å². The molecular formula is C18H38N2. The van der Waals surface area contributed by atoms with Gasteiger partial charge in [-0.3, -0.25) is 0 Å². The van der Waals surface area contributed by atoms with Gasteiger partial charge in [0.05, 0.1) is 0 Å². The summed E-state index contributed by atoms with van der Waals surface area (Å²) < 4.78 is 0. The van der Waals surface area contributed by atoms with Crippen molar-refractivity contribution in [2.75, 3.05) is 26.2 Å². The van der Waals surface area contributed by atoms with Gasteiger partial charge in [0.25, 0.3) is 0 Å². The number of piperidine rings is 1. The molecule has 0 amide bonds. The number of hydrogen-bond acceptors (Lipinski definition) is 2. The molecule has 2 nitrogen and oxygen atoms in total. The van der Waals surface area contributed by atoms with E-state index in [2.05, 4.69) is 44.8 Å². The van der Waals surface area contributed by atoms with Crippen LogP contribution in [0.5, 0.6) is 0 Å². The minimum Gasteiger partial charge on any atom is -0.312 e. The molecule has 0 aromatic carbocycles. The average molecular weight is 283 g/mol. The monoisotopic (exact) mass is 282 g/mol. The number of likely N-dealkylation sites (tertiary alicyclic amines) is 1. The van der Waals surface area contributed by atoms with Crippen LogP contribution in [0.15, 0.2) is 0 Å². The van der Waals surface area contributed by atoms with Crippen molar-refractivity contribution in [3.05, 3.63) is 0 Å². The Kier molecular flexibility index (Phi) is 7.53. The Hall–Kier alpha value is -0.0800. The van der Waals surface area contributed by atoms with E-state index in [9.17, 15) is 0 Å². The molecule has 0 aliphatic carbocycles. The van der Waals surface area contributed by atoms with E-state index in [-0.39, 0.29) is 5.54 Å². The second-order valence-corrected chi connectivity index (χ2v) is 7.79. The molecule has 1 aliphatic heterocycles. The first kappa shape index (κ1) is 18.0. The van der Waals surface area contributed by atoms with Gasteiger partial charge in [0, 0.05) is 5.54 Å². The highest BCUT2D eigenvalue weighted by atomic mass is 15.1. The summed E-state index contributed by atoms with van der Waals surface area (Å²) in [4.78, 5) is 2.70. The minimum atomic E-state index is 0.274. The van der Waals surface area contributed by atoms with Crippen LogP contribution in [0.4, 0.5) is 0 Å². The maximum Gasteiger partial charge on any atom is 0.00965 e. The van der Waals surface area contributed by atoms with Gasteiger partial charge < -0.3 is 10.2 Å². The number of hydrogen-bond donors (Lipinski definition) is 1. The molecule has 1 rings (SSSR count). The Morgan fingerprint density at radius 2 is 1.55 bits per heavy atom. The van der Waals surface area contributed by atoms with Crippen molar-refractivity contribution in [3.63, 3.8) is 0 Å². The number of nitrogens with zero attached hydrogens (tertiary/aromatic N) is 1. The second kappa shape index (κ2) is 8.38. The normalized spacial score (nSPS) is 20.2. The summed E-state index contributed by atoms with van der Waals surface area (Å²) in [5, 5.41) is 3.57. The van der Waals surface area contributed by atoms with Crippen LogP contribution in [-0.4, -0.2) is 36.6 Å². The first-order chi connectivity index (χ1) is 9.41. The van der Waals surface area contributed by atoms with Crippen molar-refractivity contribution in [1.29, 1.82) is 0 Å². The minimum absolute atomic E-state index is 0.274. The molecule has 0 bridgehead atoms. The molecular weight excluding hydrogens is 244 g/mol. The van der Waals surface area contributed by atoms with Crippen LogP contribution in [0.3, 0.4) is 0 Å². The van der Waals surface area contributed by atoms with Crippen LogP contribution in [0, 0.1) is 5.41 Å². The van der Waals surface area contributed by atoms with Gasteiger partial charge in [-0.25, -0.2) is 0 Å². The van der Waals surface area contributed by atoms with Crippen molar-refractivity contribution in [3.8, 4) is 0 Å². The SMILES string of the molecule is CCC1(CC)CCN(CCCCCNC(C)(C)C)CC1. The summed E-state index contributed by atoms with van der Waals surface area (Å²) >= 11 is 0. The van der Waals surface area contributed by atoms with E-state index in [0.29, 0.717) is 5.41 Å². The lowest BCUT2D eigenvalue weighted by Gasteiger charge is -2.41. The van der Waals surface area contributed by atoms with Crippen LogP contribution < -0.4 is 5.32 Å². The molecule has 0 saturated carbocycles. The quantitative estimate of drug-likeness (QED) is 0.662. The highest BCUT2D eigenvalue weighted by Crippen LogP contribution is 2.37. The van der Waals surface area contributed by atoms with E-state index in [4.69, 9.17) is 0 Å². The van der Waals surface area contributed by atoms with Crippen LogP contribution in [0.1, 0.15) is 79.6 Å². The van der Waals surface area contributed by atoms with Gasteiger partial charge in [0.1, 0.15) is 0 Å². The highest BCUT2D eigenvalue weighted by molar-refractivity contribution is 4.83. The van der Waals surface area contributed by atoms with Crippen LogP contribution in [0.25, 0.3) is 0 Å². The van der Waals surface area contributed by atoms with Gasteiger partial charge in [-0.05, 0) is 78.0 Å². The molecule has 1 N–H and O–H groups in total. The fraction of sp³-hybridized carbons (Fsp3) is 1.00. The topological polar surface area (TPSA) is 15.3 Å². The predicted octanol–water partition coefficient (Wildman–Crippen LogP) is 4.45. The maximum atomic E-state index is 3.57. The lowest BCUT2D eigenvalue weighted by atomic mass is 9.74. The standard InChI is InChI=1S/C18H38N2/c1-6-18(7-2)11-15-20(16-12-18)14-10-8-9-13-19-17(3,4)5/h19H,6-16H2,1-5H3. The van der Waals surface area contributed by atoms with Crippen LogP contribution >= 0.6 is 0 Å². The van der Waals surface area contributed by atoms with E-state index < -0.39 is 0 Å². The van der Waals surface area contributed by atoms with Crippen molar-refractivity contribution < 1.29 is 0 Å². The highest BCUT2D eigenvalue weighted by Gasteiger charge is 2.30. The molecule has 0 aromatic heterocycles. The molecule has 0 spiro atoms. The number of nitrogens with one attached hydrogen (secondary N) is 1. The fourth-order valence-electron chi connectivity index (χ4n) is 3.31. The molecule has 1 aliphatic rings. The molecule has 120 valence electrons. The van der Waals surface area contributed by atoms with E-state index in [1.54, 1.807) is 0 Å². The van der Waals surface area contributed by atoms with E-state index in [0.717, 1.165) is 6.54 Å². The molecule has 2 heteroatoms. The van der Waals surface area contributed by atoms with E-state index in [1.807, 2.05) is 0 Å². The van der Waals surface area contributed by atoms with Crippen LogP contribution in [-0.2, 0) is 0 Å². The van der Waals surface area contributed by atoms with Gasteiger partial charge in [-0.1, -0.05) is 33.1 Å². The van der Waals surface area contributed by atoms with Crippen LogP contribution in [0.2, 0.25) is 0 Å². The summed E-state index contributed by atoms with van der Waals surface area (Å²) in [6, 6.07) is 0. The van der Waals surface area contributed by atoms with Gasteiger partial charge >= 0.3 is 0 Å². The van der Waals surface area contributed by atoms with Gasteiger partial charge in [-0.15, -0.1) is 0 Å². The smallest absolute Gasteiger partial charge is 0.00965 e. The first-order valence-corrected chi connectivity index (χ1v) is 8.88. The predicted molar refractivity (Wildman–Crippen MR) is 90.3 cm³/mol. The lowest BCUT2D eigenvalue weighted by Crippen LogP contribution is -2.40. The summed E-state index contributed by atoms with van der Waals surface area (Å²) in [7, 11) is 0. The second-order valence-electron chi connectivity index (χ2n) is 7.79. The van der Waals surface area contributed by atoms with E-state index >= 15 is 0 Å². The molecule has 0 unspecified atom stereocenters. The molecule has 0 aromatic rings. The van der Waals surface area contributed by atoms with E-state index in [1.165, 1.54) is 64.6 Å². The largest absolute Gasteiger partial charge is 0.312 e. The molecule has 0 radical (unpaired) electrons. The summed E-state index contributed by atoms with van der Waals surface area (Å²) in [5.41, 5.74) is 0.948. The summed E-state index contributed by atoms with van der Waals surface area (Å²) in [6.45, 7) is 16.6. The van der Waals surface area contributed by atoms with Crippen molar-refractivity contribution in [1.82, 2.24) is 10.2 Å². The van der Waals surface area contributed by atoms with Gasteiger partial charge in [0.2, 0.25) is 0 Å². The first-order valence-electron chi connectivity index (χ1n) is 8.88. The third kappa shape index (κ3) is 6.58. The Balaban J connectivity index is 2.05. The van der Waals surface area contributed by atoms with Crippen molar-refractivity contribution >= 4 is 0 Å². The summed E-state index contributed by atoms with van der Waals surface area (Å²) in [5.74, 6) is 0. The molecule has 1 saturated heterocycles. The van der Waals surface area contributed by atoms with Crippen molar-refractivity contribution in [2.45, 2.75) is 85.1 Å². The van der Waals surface area contributed by atoms with Gasteiger partial charge in [-0.2, -0.15) is 0 Å². The molecule has 20 heavy (non-hydrogen) atoms. The Morgan fingerprint density at radius 1 is 0.950 bits per heavy atom. The van der Waals surface area contributed by atoms with Crippen molar-refractivity contribution in [2.24, 2.45) is 5.41 Å². The zero-order valence-corrected chi connectivity index (χ0v) is 14.7. The molecule has 1 fully saturated rings. The zero-order chi connectivity index (χ0) is 15.1. The third-order valence-corrected chi connectivity index (χ3v) is 5.22. The van der Waals surface area contributed by atoms with Gasteiger partial charge in [0.15, 0.2) is 0 Å². The Morgan fingerprint density at radius 3 is 2.05 bits per heavy atom. The average Bonchev–Trinajstić information content (AvgIpc) is 2.42. The fourth-order valence-corrected chi connectivity index (χ4v) is 3.31. The third-order valence-electron chi connectivity index (χ3n) is 5.22. The lowest BCUT2D eigenvalue weighted by molar-refractivity contribution is 0.0942. The maximum absolute atomic E-state index is 3.57. The number of rotatable bonds is 8.